The lowest BCUT2D eigenvalue weighted by molar-refractivity contribution is -0.156. The van der Waals surface area contributed by atoms with Gasteiger partial charge in [-0.15, -0.1) is 0 Å². The van der Waals surface area contributed by atoms with Crippen molar-refractivity contribution in [2.75, 3.05) is 0 Å². The summed E-state index contributed by atoms with van der Waals surface area (Å²) in [6.45, 7) is 6.27. The zero-order valence-corrected chi connectivity index (χ0v) is 16.8. The fraction of sp³-hybridized carbons (Fsp3) is 0.500. The van der Waals surface area contributed by atoms with E-state index in [1.165, 1.54) is 43.9 Å². The van der Waals surface area contributed by atoms with Crippen LogP contribution in [0.25, 0.3) is 0 Å². The minimum absolute atomic E-state index is 0.434. The molecule has 0 aromatic rings. The molecule has 154 valence electrons. The van der Waals surface area contributed by atoms with Gasteiger partial charge in [-0.25, -0.2) is 14.4 Å². The molecule has 1 unspecified atom stereocenters. The van der Waals surface area contributed by atoms with Crippen LogP contribution in [-0.2, 0) is 23.9 Å². The Bertz CT molecular complexity index is 656. The van der Waals surface area contributed by atoms with E-state index in [-0.39, 0.29) is 0 Å². The summed E-state index contributed by atoms with van der Waals surface area (Å²) in [5.41, 5.74) is 0.966. The third-order valence-corrected chi connectivity index (χ3v) is 4.22. The van der Waals surface area contributed by atoms with Crippen molar-refractivity contribution in [2.45, 2.75) is 65.1 Å². The molecule has 0 saturated heterocycles. The SMILES string of the molecule is CCCCCCC(C)/C=C(C)/C=C/C(=O)O[C@H]1C=CC(=O)O[C@H]1/C=C/C(=O)O. The summed E-state index contributed by atoms with van der Waals surface area (Å²) in [5.74, 6) is -1.96. The van der Waals surface area contributed by atoms with Crippen LogP contribution in [0.2, 0.25) is 0 Å². The lowest BCUT2D eigenvalue weighted by Gasteiger charge is -2.24. The van der Waals surface area contributed by atoms with Crippen molar-refractivity contribution in [1.82, 2.24) is 0 Å². The molecule has 28 heavy (non-hydrogen) atoms. The first kappa shape index (κ1) is 23.4. The number of esters is 2. The molecule has 0 aromatic carbocycles. The molecule has 1 heterocycles. The van der Waals surface area contributed by atoms with Crippen LogP contribution in [0.5, 0.6) is 0 Å². The standard InChI is InChI=1S/C22H30O6/c1-4-5-6-7-8-16(2)15-17(3)9-13-21(25)28-19-11-14-22(26)27-18(19)10-12-20(23)24/h9-16,18-19H,4-8H2,1-3H3,(H,23,24)/b12-10+,13-9+,17-15+/t16?,18-,19-/m0/s1. The van der Waals surface area contributed by atoms with E-state index in [0.717, 1.165) is 24.1 Å². The van der Waals surface area contributed by atoms with Gasteiger partial charge >= 0.3 is 17.9 Å². The molecular weight excluding hydrogens is 360 g/mol. The van der Waals surface area contributed by atoms with Gasteiger partial charge in [0.05, 0.1) is 0 Å². The van der Waals surface area contributed by atoms with Crippen molar-refractivity contribution in [3.8, 4) is 0 Å². The summed E-state index contributed by atoms with van der Waals surface area (Å²) in [7, 11) is 0. The van der Waals surface area contributed by atoms with E-state index >= 15 is 0 Å². The Morgan fingerprint density at radius 2 is 2.00 bits per heavy atom. The number of carboxylic acids is 1. The van der Waals surface area contributed by atoms with Gasteiger partial charge in [0.25, 0.3) is 0 Å². The van der Waals surface area contributed by atoms with Crippen molar-refractivity contribution in [2.24, 2.45) is 5.92 Å². The number of rotatable bonds is 11. The molecule has 6 nitrogen and oxygen atoms in total. The number of cyclic esters (lactones) is 1. The Morgan fingerprint density at radius 3 is 2.68 bits per heavy atom. The maximum atomic E-state index is 12.1. The molecule has 0 spiro atoms. The molecule has 0 radical (unpaired) electrons. The number of hydrogen-bond donors (Lipinski definition) is 1. The molecular formula is C22H30O6. The van der Waals surface area contributed by atoms with Gasteiger partial charge in [0.1, 0.15) is 0 Å². The fourth-order valence-corrected chi connectivity index (χ4v) is 2.81. The van der Waals surface area contributed by atoms with E-state index < -0.39 is 30.1 Å². The first-order valence-corrected chi connectivity index (χ1v) is 9.69. The lowest BCUT2D eigenvalue weighted by atomic mass is 10.00. The average Bonchev–Trinajstić information content (AvgIpc) is 2.63. The van der Waals surface area contributed by atoms with Gasteiger partial charge in [-0.3, -0.25) is 0 Å². The normalized spacial score (nSPS) is 21.1. The van der Waals surface area contributed by atoms with Gasteiger partial charge in [-0.2, -0.15) is 0 Å². The molecule has 0 amide bonds. The van der Waals surface area contributed by atoms with Crippen LogP contribution in [0.15, 0.2) is 48.1 Å². The summed E-state index contributed by atoms with van der Waals surface area (Å²) in [4.78, 5) is 34.0. The largest absolute Gasteiger partial charge is 0.478 e. The van der Waals surface area contributed by atoms with Crippen molar-refractivity contribution in [1.29, 1.82) is 0 Å². The van der Waals surface area contributed by atoms with E-state index in [2.05, 4.69) is 19.9 Å². The van der Waals surface area contributed by atoms with Crippen LogP contribution in [0.4, 0.5) is 0 Å². The van der Waals surface area contributed by atoms with Gasteiger partial charge in [0.15, 0.2) is 12.2 Å². The maximum Gasteiger partial charge on any atom is 0.331 e. The molecule has 0 aromatic heterocycles. The summed E-state index contributed by atoms with van der Waals surface area (Å²) >= 11 is 0. The average molecular weight is 390 g/mol. The molecule has 3 atom stereocenters. The Hall–Kier alpha value is -2.63. The van der Waals surface area contributed by atoms with Gasteiger partial charge in [0.2, 0.25) is 0 Å². The first-order valence-electron chi connectivity index (χ1n) is 9.69. The second-order valence-corrected chi connectivity index (χ2v) is 6.93. The van der Waals surface area contributed by atoms with Crippen molar-refractivity contribution in [3.05, 3.63) is 48.1 Å². The van der Waals surface area contributed by atoms with Crippen LogP contribution in [0, 0.1) is 5.92 Å². The summed E-state index contributed by atoms with van der Waals surface area (Å²) in [5, 5.41) is 8.71. The van der Waals surface area contributed by atoms with Gasteiger partial charge in [0, 0.05) is 18.2 Å². The Labute approximate surface area is 166 Å². The highest BCUT2D eigenvalue weighted by molar-refractivity contribution is 5.85. The fourth-order valence-electron chi connectivity index (χ4n) is 2.81. The summed E-state index contributed by atoms with van der Waals surface area (Å²) < 4.78 is 10.3. The molecule has 1 N–H and O–H groups in total. The lowest BCUT2D eigenvalue weighted by Crippen LogP contribution is -2.35. The summed E-state index contributed by atoms with van der Waals surface area (Å²) in [6.07, 6.45) is 13.9. The third kappa shape index (κ3) is 9.90. The van der Waals surface area contributed by atoms with E-state index in [1.54, 1.807) is 6.08 Å². The van der Waals surface area contributed by atoms with Gasteiger partial charge in [-0.1, -0.05) is 57.3 Å². The monoisotopic (exact) mass is 390 g/mol. The number of carboxylic acid groups (broad SMARTS) is 1. The quantitative estimate of drug-likeness (QED) is 0.247. The number of carbonyl (C=O) groups excluding carboxylic acids is 2. The number of aliphatic carboxylic acids is 1. The number of carbonyl (C=O) groups is 3. The molecule has 1 rings (SSSR count). The number of ether oxygens (including phenoxy) is 2. The maximum absolute atomic E-state index is 12.1. The zero-order chi connectivity index (χ0) is 20.9. The molecule has 0 aliphatic carbocycles. The molecule has 6 heteroatoms. The van der Waals surface area contributed by atoms with E-state index in [0.29, 0.717) is 5.92 Å². The van der Waals surface area contributed by atoms with Crippen LogP contribution < -0.4 is 0 Å². The van der Waals surface area contributed by atoms with E-state index in [9.17, 15) is 14.4 Å². The molecule has 0 fully saturated rings. The second-order valence-electron chi connectivity index (χ2n) is 6.93. The first-order chi connectivity index (χ1) is 13.3. The third-order valence-electron chi connectivity index (χ3n) is 4.22. The highest BCUT2D eigenvalue weighted by Crippen LogP contribution is 2.16. The molecule has 1 aliphatic rings. The van der Waals surface area contributed by atoms with E-state index in [1.807, 2.05) is 6.92 Å². The predicted molar refractivity (Wildman–Crippen MR) is 106 cm³/mol. The number of unbranched alkanes of at least 4 members (excludes halogenated alkanes) is 3. The van der Waals surface area contributed by atoms with E-state index in [4.69, 9.17) is 14.6 Å². The number of hydrogen-bond acceptors (Lipinski definition) is 5. The Kier molecular flexibility index (Phi) is 10.6. The van der Waals surface area contributed by atoms with Crippen LogP contribution in [0.3, 0.4) is 0 Å². The minimum Gasteiger partial charge on any atom is -0.478 e. The van der Waals surface area contributed by atoms with Crippen molar-refractivity contribution >= 4 is 17.9 Å². The van der Waals surface area contributed by atoms with Crippen LogP contribution in [-0.4, -0.2) is 35.2 Å². The smallest absolute Gasteiger partial charge is 0.331 e. The van der Waals surface area contributed by atoms with Crippen LogP contribution in [0.1, 0.15) is 52.9 Å². The second kappa shape index (κ2) is 12.7. The van der Waals surface area contributed by atoms with Crippen molar-refractivity contribution in [3.63, 3.8) is 0 Å². The summed E-state index contributed by atoms with van der Waals surface area (Å²) in [6, 6.07) is 0. The van der Waals surface area contributed by atoms with Crippen LogP contribution >= 0.6 is 0 Å². The van der Waals surface area contributed by atoms with Gasteiger partial charge < -0.3 is 14.6 Å². The van der Waals surface area contributed by atoms with Gasteiger partial charge in [-0.05, 0) is 31.4 Å². The minimum atomic E-state index is -1.18. The molecule has 0 bridgehead atoms. The zero-order valence-electron chi connectivity index (χ0n) is 16.8. The highest BCUT2D eigenvalue weighted by Gasteiger charge is 2.27. The topological polar surface area (TPSA) is 89.9 Å². The highest BCUT2D eigenvalue weighted by atomic mass is 16.6. The van der Waals surface area contributed by atoms with Crippen molar-refractivity contribution < 1.29 is 29.0 Å². The molecule has 0 saturated carbocycles. The Morgan fingerprint density at radius 1 is 1.25 bits per heavy atom. The predicted octanol–water partition coefficient (Wildman–Crippen LogP) is 4.13. The Balaban J connectivity index is 2.58. The molecule has 1 aliphatic heterocycles. The number of allylic oxidation sites excluding steroid dienone is 3.